The summed E-state index contributed by atoms with van der Waals surface area (Å²) in [6.07, 6.45) is 7.40. The van der Waals surface area contributed by atoms with Crippen molar-refractivity contribution in [2.24, 2.45) is 10.4 Å². The molecule has 0 aromatic rings. The number of nitrogens with one attached hydrogen (secondary N) is 1. The number of likely N-dealkylation sites (tertiary alicyclic amines) is 1. The molecule has 0 bridgehead atoms. The Morgan fingerprint density at radius 1 is 1.18 bits per heavy atom. The van der Waals surface area contributed by atoms with Crippen molar-refractivity contribution >= 4 is 5.96 Å². The van der Waals surface area contributed by atoms with Crippen LogP contribution in [0.5, 0.6) is 0 Å². The molecule has 3 aliphatic rings. The molecule has 28 heavy (non-hydrogen) atoms. The van der Waals surface area contributed by atoms with Crippen molar-refractivity contribution in [1.82, 2.24) is 10.2 Å². The number of rotatable bonds is 6. The van der Waals surface area contributed by atoms with Gasteiger partial charge in [-0.1, -0.05) is 13.8 Å². The summed E-state index contributed by atoms with van der Waals surface area (Å²) in [6, 6.07) is 0.389. The van der Waals surface area contributed by atoms with Crippen LogP contribution in [0, 0.1) is 5.41 Å². The highest BCUT2D eigenvalue weighted by Crippen LogP contribution is 2.51. The molecular weight excluding hydrogens is 354 g/mol. The Morgan fingerprint density at radius 2 is 1.93 bits per heavy atom. The van der Waals surface area contributed by atoms with Gasteiger partial charge in [0.25, 0.3) is 0 Å². The van der Waals surface area contributed by atoms with E-state index in [-0.39, 0.29) is 11.0 Å². The number of hydrogen-bond acceptors (Lipinski definition) is 4. The summed E-state index contributed by atoms with van der Waals surface area (Å²) in [5.74, 6) is 1.05. The summed E-state index contributed by atoms with van der Waals surface area (Å²) in [7, 11) is 1.82. The minimum absolute atomic E-state index is 0.0655. The lowest BCUT2D eigenvalue weighted by atomic mass is 9.56. The molecule has 2 saturated heterocycles. The van der Waals surface area contributed by atoms with E-state index in [1.807, 2.05) is 7.11 Å². The Hall–Kier alpha value is -0.850. The van der Waals surface area contributed by atoms with Crippen molar-refractivity contribution in [3.05, 3.63) is 0 Å². The number of hydrogen-bond donors (Lipinski definition) is 1. The van der Waals surface area contributed by atoms with E-state index in [0.29, 0.717) is 18.2 Å². The summed E-state index contributed by atoms with van der Waals surface area (Å²) in [4.78, 5) is 7.18. The number of piperidine rings is 1. The number of aliphatic imine (C=N–C) groups is 1. The monoisotopic (exact) mass is 395 g/mol. The van der Waals surface area contributed by atoms with Crippen LogP contribution in [0.25, 0.3) is 0 Å². The van der Waals surface area contributed by atoms with Crippen molar-refractivity contribution in [3.8, 4) is 0 Å². The largest absolute Gasteiger partial charge is 0.378 e. The van der Waals surface area contributed by atoms with Crippen molar-refractivity contribution in [1.29, 1.82) is 0 Å². The molecule has 3 fully saturated rings. The molecule has 6 heteroatoms. The van der Waals surface area contributed by atoms with Gasteiger partial charge in [0.1, 0.15) is 0 Å². The van der Waals surface area contributed by atoms with Gasteiger partial charge in [-0.2, -0.15) is 0 Å². The van der Waals surface area contributed by atoms with Crippen LogP contribution < -0.4 is 5.32 Å². The standard InChI is InChI=1S/C22H41N3O3/c1-6-23-20(24-19-15-22(4,26-5)21(19,2)3)25-12-10-17(11-13-25)28-16-18-9-7-8-14-27-18/h17-19H,6-16H2,1-5H3,(H,23,24). The van der Waals surface area contributed by atoms with Gasteiger partial charge in [-0.05, 0) is 52.4 Å². The lowest BCUT2D eigenvalue weighted by Crippen LogP contribution is -2.69. The number of guanidine groups is 1. The molecule has 3 atom stereocenters. The van der Waals surface area contributed by atoms with E-state index in [4.69, 9.17) is 19.2 Å². The van der Waals surface area contributed by atoms with E-state index >= 15 is 0 Å². The predicted molar refractivity (Wildman–Crippen MR) is 113 cm³/mol. The minimum atomic E-state index is -0.0655. The van der Waals surface area contributed by atoms with Gasteiger partial charge in [0.15, 0.2) is 5.96 Å². The maximum atomic E-state index is 6.17. The maximum absolute atomic E-state index is 6.17. The molecule has 0 amide bonds. The molecule has 3 unspecified atom stereocenters. The van der Waals surface area contributed by atoms with Crippen molar-refractivity contribution in [2.75, 3.05) is 40.0 Å². The lowest BCUT2D eigenvalue weighted by molar-refractivity contribution is -0.177. The normalized spacial score (nSPS) is 34.2. The van der Waals surface area contributed by atoms with Crippen LogP contribution in [0.1, 0.15) is 66.2 Å². The molecule has 1 N–H and O–H groups in total. The van der Waals surface area contributed by atoms with Gasteiger partial charge in [0.2, 0.25) is 0 Å². The first-order chi connectivity index (χ1) is 13.4. The first kappa shape index (κ1) is 21.8. The van der Waals surface area contributed by atoms with Crippen LogP contribution in [0.15, 0.2) is 4.99 Å². The van der Waals surface area contributed by atoms with Crippen molar-refractivity contribution in [3.63, 3.8) is 0 Å². The van der Waals surface area contributed by atoms with E-state index in [9.17, 15) is 0 Å². The molecule has 162 valence electrons. The van der Waals surface area contributed by atoms with Crippen LogP contribution in [-0.4, -0.2) is 74.7 Å². The van der Waals surface area contributed by atoms with E-state index < -0.39 is 0 Å². The average Bonchev–Trinajstić information content (AvgIpc) is 2.72. The third-order valence-corrected chi connectivity index (χ3v) is 7.42. The average molecular weight is 396 g/mol. The fraction of sp³-hybridized carbons (Fsp3) is 0.955. The molecule has 6 nitrogen and oxygen atoms in total. The Morgan fingerprint density at radius 3 is 2.50 bits per heavy atom. The summed E-state index contributed by atoms with van der Waals surface area (Å²) >= 11 is 0. The summed E-state index contributed by atoms with van der Waals surface area (Å²) < 4.78 is 17.7. The first-order valence-electron chi connectivity index (χ1n) is 11.2. The zero-order chi connectivity index (χ0) is 20.2. The third-order valence-electron chi connectivity index (χ3n) is 7.42. The minimum Gasteiger partial charge on any atom is -0.378 e. The van der Waals surface area contributed by atoms with Gasteiger partial charge >= 0.3 is 0 Å². The third kappa shape index (κ3) is 4.65. The smallest absolute Gasteiger partial charge is 0.194 e. The number of ether oxygens (including phenoxy) is 3. The van der Waals surface area contributed by atoms with Gasteiger partial charge in [-0.3, -0.25) is 4.99 Å². The summed E-state index contributed by atoms with van der Waals surface area (Å²) in [6.45, 7) is 13.3. The topological polar surface area (TPSA) is 55.3 Å². The zero-order valence-corrected chi connectivity index (χ0v) is 18.6. The number of methoxy groups -OCH3 is 1. The van der Waals surface area contributed by atoms with Crippen LogP contribution in [-0.2, 0) is 14.2 Å². The van der Waals surface area contributed by atoms with Crippen molar-refractivity contribution < 1.29 is 14.2 Å². The Balaban J connectivity index is 1.46. The second kappa shape index (κ2) is 9.31. The molecule has 2 heterocycles. The molecule has 0 aromatic carbocycles. The molecule has 2 aliphatic heterocycles. The molecule has 0 aromatic heterocycles. The second-order valence-electron chi connectivity index (χ2n) is 9.36. The lowest BCUT2D eigenvalue weighted by Gasteiger charge is -2.59. The Bertz CT molecular complexity index is 525. The van der Waals surface area contributed by atoms with E-state index in [2.05, 4.69) is 37.9 Å². The zero-order valence-electron chi connectivity index (χ0n) is 18.6. The van der Waals surface area contributed by atoms with Gasteiger partial charge in [-0.15, -0.1) is 0 Å². The van der Waals surface area contributed by atoms with Gasteiger partial charge < -0.3 is 24.4 Å². The highest BCUT2D eigenvalue weighted by Gasteiger charge is 2.58. The Kier molecular flexibility index (Phi) is 7.26. The van der Waals surface area contributed by atoms with E-state index in [0.717, 1.165) is 64.5 Å². The fourth-order valence-corrected chi connectivity index (χ4v) is 4.68. The molecular formula is C22H41N3O3. The van der Waals surface area contributed by atoms with Crippen LogP contribution in [0.4, 0.5) is 0 Å². The van der Waals surface area contributed by atoms with Crippen LogP contribution in [0.3, 0.4) is 0 Å². The van der Waals surface area contributed by atoms with Crippen molar-refractivity contribution in [2.45, 2.75) is 90.1 Å². The Labute approximate surface area is 171 Å². The van der Waals surface area contributed by atoms with Gasteiger partial charge in [0, 0.05) is 44.8 Å². The van der Waals surface area contributed by atoms with E-state index in [1.54, 1.807) is 0 Å². The van der Waals surface area contributed by atoms with E-state index in [1.165, 1.54) is 12.8 Å². The van der Waals surface area contributed by atoms with Gasteiger partial charge in [-0.25, -0.2) is 0 Å². The van der Waals surface area contributed by atoms with Gasteiger partial charge in [0.05, 0.1) is 24.4 Å². The van der Waals surface area contributed by atoms with Crippen LogP contribution in [0.2, 0.25) is 0 Å². The molecule has 1 aliphatic carbocycles. The summed E-state index contributed by atoms with van der Waals surface area (Å²) in [5.41, 5.74) is 0.0156. The highest BCUT2D eigenvalue weighted by atomic mass is 16.5. The predicted octanol–water partition coefficient (Wildman–Crippen LogP) is 3.21. The molecule has 0 radical (unpaired) electrons. The maximum Gasteiger partial charge on any atom is 0.194 e. The summed E-state index contributed by atoms with van der Waals surface area (Å²) in [5, 5.41) is 3.74. The SMILES string of the molecule is CCN=C(NC1CC(C)(OC)C1(C)C)N1CCC(OCC2CCCCO2)CC1. The first-order valence-corrected chi connectivity index (χ1v) is 11.2. The fourth-order valence-electron chi connectivity index (χ4n) is 4.68. The van der Waals surface area contributed by atoms with Crippen LogP contribution >= 0.6 is 0 Å². The molecule has 1 saturated carbocycles. The molecule has 0 spiro atoms. The highest BCUT2D eigenvalue weighted by molar-refractivity contribution is 5.80. The quantitative estimate of drug-likeness (QED) is 0.553. The molecule has 3 rings (SSSR count). The number of nitrogens with zero attached hydrogens (tertiary/aromatic N) is 2. The second-order valence-corrected chi connectivity index (χ2v) is 9.36.